The number of methoxy groups -OCH3 is 1. The first-order valence-corrected chi connectivity index (χ1v) is 9.05. The van der Waals surface area contributed by atoms with Crippen molar-refractivity contribution in [2.75, 3.05) is 20.2 Å². The molecule has 1 N–H and O–H groups in total. The molecule has 24 heavy (non-hydrogen) atoms. The Bertz CT molecular complexity index is 765. The predicted octanol–water partition coefficient (Wildman–Crippen LogP) is 2.37. The number of aromatic nitrogens is 1. The highest BCUT2D eigenvalue weighted by Crippen LogP contribution is 2.30. The molecule has 1 saturated heterocycles. The third-order valence-electron chi connectivity index (χ3n) is 3.71. The molecule has 3 rings (SSSR count). The molecule has 0 radical (unpaired) electrons. The van der Waals surface area contributed by atoms with Gasteiger partial charge >= 0.3 is 0 Å². The van der Waals surface area contributed by atoms with Crippen LogP contribution in [0.15, 0.2) is 34.1 Å². The summed E-state index contributed by atoms with van der Waals surface area (Å²) in [5.41, 5.74) is 1.11. The van der Waals surface area contributed by atoms with Gasteiger partial charge in [-0.2, -0.15) is 0 Å². The van der Waals surface area contributed by atoms with Crippen molar-refractivity contribution in [3.05, 3.63) is 50.4 Å². The molecule has 1 fully saturated rings. The Labute approximate surface area is 152 Å². The Morgan fingerprint density at radius 2 is 2.29 bits per heavy atom. The van der Waals surface area contributed by atoms with Crippen molar-refractivity contribution < 1.29 is 14.3 Å². The summed E-state index contributed by atoms with van der Waals surface area (Å²) in [5.74, 6) is -0.432. The van der Waals surface area contributed by atoms with Crippen molar-refractivity contribution >= 4 is 39.1 Å². The molecule has 1 unspecified atom stereocenters. The van der Waals surface area contributed by atoms with Crippen molar-refractivity contribution in [1.29, 1.82) is 0 Å². The fraction of sp³-hybridized carbons (Fsp3) is 0.312. The molecule has 0 saturated carbocycles. The SMILES string of the molecule is COCc1nc(C(=O)N2CCNC(=O)C2c2ccccc2Br)cs1. The number of nitrogens with one attached hydrogen (secondary N) is 1. The maximum atomic E-state index is 12.9. The second kappa shape index (κ2) is 7.42. The van der Waals surface area contributed by atoms with Gasteiger partial charge in [0.2, 0.25) is 5.91 Å². The lowest BCUT2D eigenvalue weighted by Crippen LogP contribution is -2.52. The van der Waals surface area contributed by atoms with Crippen LogP contribution in [0.2, 0.25) is 0 Å². The van der Waals surface area contributed by atoms with E-state index in [0.717, 1.165) is 15.0 Å². The van der Waals surface area contributed by atoms with Crippen LogP contribution in [-0.4, -0.2) is 41.9 Å². The van der Waals surface area contributed by atoms with Gasteiger partial charge in [-0.3, -0.25) is 9.59 Å². The summed E-state index contributed by atoms with van der Waals surface area (Å²) in [6.45, 7) is 1.24. The van der Waals surface area contributed by atoms with Gasteiger partial charge in [0.15, 0.2) is 0 Å². The molecule has 0 bridgehead atoms. The third-order valence-corrected chi connectivity index (χ3v) is 5.26. The van der Waals surface area contributed by atoms with Crippen molar-refractivity contribution in [3.8, 4) is 0 Å². The number of piperazine rings is 1. The largest absolute Gasteiger partial charge is 0.378 e. The van der Waals surface area contributed by atoms with Gasteiger partial charge < -0.3 is 15.0 Å². The Kier molecular flexibility index (Phi) is 5.27. The molecule has 0 spiro atoms. The molecular formula is C16H16BrN3O3S. The second-order valence-electron chi connectivity index (χ2n) is 5.27. The molecule has 0 aliphatic carbocycles. The van der Waals surface area contributed by atoms with E-state index in [9.17, 15) is 9.59 Å². The molecule has 1 aliphatic heterocycles. The molecule has 1 atom stereocenters. The lowest BCUT2D eigenvalue weighted by Gasteiger charge is -2.35. The van der Waals surface area contributed by atoms with Gasteiger partial charge in [0.05, 0.1) is 6.61 Å². The zero-order valence-corrected chi connectivity index (χ0v) is 15.4. The topological polar surface area (TPSA) is 71.5 Å². The Balaban J connectivity index is 1.92. The van der Waals surface area contributed by atoms with Gasteiger partial charge in [0.25, 0.3) is 5.91 Å². The van der Waals surface area contributed by atoms with Crippen LogP contribution in [0.5, 0.6) is 0 Å². The van der Waals surface area contributed by atoms with Crippen molar-refractivity contribution in [1.82, 2.24) is 15.2 Å². The molecule has 126 valence electrons. The number of hydrogen-bond donors (Lipinski definition) is 1. The maximum absolute atomic E-state index is 12.9. The molecule has 8 heteroatoms. The number of benzene rings is 1. The average molecular weight is 410 g/mol. The molecule has 2 heterocycles. The molecule has 2 aromatic rings. The fourth-order valence-electron chi connectivity index (χ4n) is 2.64. The molecule has 1 aromatic carbocycles. The lowest BCUT2D eigenvalue weighted by molar-refractivity contribution is -0.128. The van der Waals surface area contributed by atoms with Gasteiger partial charge in [-0.1, -0.05) is 34.1 Å². The number of carbonyl (C=O) groups is 2. The zero-order valence-electron chi connectivity index (χ0n) is 13.0. The second-order valence-corrected chi connectivity index (χ2v) is 7.07. The van der Waals surface area contributed by atoms with E-state index in [1.807, 2.05) is 24.3 Å². The number of hydrogen-bond acceptors (Lipinski definition) is 5. The molecule has 1 aromatic heterocycles. The molecular weight excluding hydrogens is 394 g/mol. The summed E-state index contributed by atoms with van der Waals surface area (Å²) < 4.78 is 5.84. The summed E-state index contributed by atoms with van der Waals surface area (Å²) in [5, 5.41) is 5.27. The van der Waals surface area contributed by atoms with E-state index in [4.69, 9.17) is 4.74 Å². The van der Waals surface area contributed by atoms with Gasteiger partial charge in [-0.05, 0) is 11.6 Å². The van der Waals surface area contributed by atoms with Crippen LogP contribution in [0.4, 0.5) is 0 Å². The van der Waals surface area contributed by atoms with E-state index >= 15 is 0 Å². The normalized spacial score (nSPS) is 17.7. The van der Waals surface area contributed by atoms with Crippen LogP contribution < -0.4 is 5.32 Å². The maximum Gasteiger partial charge on any atom is 0.274 e. The van der Waals surface area contributed by atoms with Crippen LogP contribution >= 0.6 is 27.3 Å². The molecule has 2 amide bonds. The lowest BCUT2D eigenvalue weighted by atomic mass is 10.0. The highest BCUT2D eigenvalue weighted by atomic mass is 79.9. The summed E-state index contributed by atoms with van der Waals surface area (Å²) >= 11 is 4.84. The van der Waals surface area contributed by atoms with Gasteiger partial charge in [-0.15, -0.1) is 11.3 Å². The number of carbonyl (C=O) groups excluding carboxylic acids is 2. The number of ether oxygens (including phenoxy) is 1. The van der Waals surface area contributed by atoms with Crippen LogP contribution in [0.25, 0.3) is 0 Å². The summed E-state index contributed by atoms with van der Waals surface area (Å²) in [7, 11) is 1.58. The average Bonchev–Trinajstić information content (AvgIpc) is 3.04. The zero-order chi connectivity index (χ0) is 17.1. The minimum Gasteiger partial charge on any atom is -0.378 e. The monoisotopic (exact) mass is 409 g/mol. The summed E-state index contributed by atoms with van der Waals surface area (Å²) in [6.07, 6.45) is 0. The van der Waals surface area contributed by atoms with Gasteiger partial charge in [-0.25, -0.2) is 4.98 Å². The minimum absolute atomic E-state index is 0.186. The number of amides is 2. The molecule has 1 aliphatic rings. The van der Waals surface area contributed by atoms with Gasteiger partial charge in [0.1, 0.15) is 16.7 Å². The first-order valence-electron chi connectivity index (χ1n) is 7.38. The smallest absolute Gasteiger partial charge is 0.274 e. The van der Waals surface area contributed by atoms with Crippen molar-refractivity contribution in [2.45, 2.75) is 12.6 Å². The Hall–Kier alpha value is -1.77. The Morgan fingerprint density at radius 3 is 3.04 bits per heavy atom. The minimum atomic E-state index is -0.672. The van der Waals surface area contributed by atoms with E-state index in [1.54, 1.807) is 17.4 Å². The summed E-state index contributed by atoms with van der Waals surface area (Å²) in [4.78, 5) is 31.2. The number of thiazole rings is 1. The quantitative estimate of drug-likeness (QED) is 0.840. The van der Waals surface area contributed by atoms with E-state index in [0.29, 0.717) is 25.4 Å². The predicted molar refractivity (Wildman–Crippen MR) is 93.8 cm³/mol. The van der Waals surface area contributed by atoms with Crippen LogP contribution in [0, 0.1) is 0 Å². The number of rotatable bonds is 4. The summed E-state index contributed by atoms with van der Waals surface area (Å²) in [6, 6.07) is 6.76. The number of halogens is 1. The van der Waals surface area contributed by atoms with E-state index in [2.05, 4.69) is 26.2 Å². The fourth-order valence-corrected chi connectivity index (χ4v) is 3.88. The number of nitrogens with zero attached hydrogens (tertiary/aromatic N) is 2. The van der Waals surface area contributed by atoms with E-state index < -0.39 is 6.04 Å². The van der Waals surface area contributed by atoms with Crippen molar-refractivity contribution in [2.24, 2.45) is 0 Å². The van der Waals surface area contributed by atoms with Crippen molar-refractivity contribution in [3.63, 3.8) is 0 Å². The van der Waals surface area contributed by atoms with E-state index in [1.165, 1.54) is 11.3 Å². The first-order chi connectivity index (χ1) is 11.6. The molecule has 6 nitrogen and oxygen atoms in total. The Morgan fingerprint density at radius 1 is 1.50 bits per heavy atom. The highest BCUT2D eigenvalue weighted by molar-refractivity contribution is 9.10. The van der Waals surface area contributed by atoms with Crippen LogP contribution in [-0.2, 0) is 16.1 Å². The van der Waals surface area contributed by atoms with Gasteiger partial charge in [0, 0.05) is 30.1 Å². The van der Waals surface area contributed by atoms with Crippen LogP contribution in [0.1, 0.15) is 27.1 Å². The standard InChI is InChI=1S/C16H16BrN3O3S/c1-23-8-13-19-12(9-24-13)16(22)20-7-6-18-15(21)14(20)10-4-2-3-5-11(10)17/h2-5,9,14H,6-8H2,1H3,(H,18,21). The van der Waals surface area contributed by atoms with Crippen LogP contribution in [0.3, 0.4) is 0 Å². The highest BCUT2D eigenvalue weighted by Gasteiger charge is 2.36. The third kappa shape index (κ3) is 3.35. The van der Waals surface area contributed by atoms with E-state index in [-0.39, 0.29) is 11.8 Å². The first kappa shape index (κ1) is 17.1.